The summed E-state index contributed by atoms with van der Waals surface area (Å²) >= 11 is 0. The molecule has 108 valence electrons. The van der Waals surface area contributed by atoms with Gasteiger partial charge in [0.25, 0.3) is 0 Å². The maximum atomic E-state index is 4.13. The SMILES string of the molecule is Cc1ccc2cncnc2c1.Cc1ccc2ncncc2c1. The van der Waals surface area contributed by atoms with Crippen LogP contribution in [0.25, 0.3) is 21.8 Å². The second-order valence-corrected chi connectivity index (χ2v) is 5.17. The Balaban J connectivity index is 0.000000131. The van der Waals surface area contributed by atoms with Crippen LogP contribution < -0.4 is 0 Å². The van der Waals surface area contributed by atoms with Crippen LogP contribution in [-0.4, -0.2) is 19.9 Å². The Kier molecular flexibility index (Phi) is 4.01. The van der Waals surface area contributed by atoms with Crippen LogP contribution in [0.5, 0.6) is 0 Å². The number of aromatic nitrogens is 4. The summed E-state index contributed by atoms with van der Waals surface area (Å²) in [6.45, 7) is 4.12. The molecule has 0 radical (unpaired) electrons. The Labute approximate surface area is 128 Å². The Morgan fingerprint density at radius 3 is 2.09 bits per heavy atom. The molecule has 0 N–H and O–H groups in total. The zero-order valence-electron chi connectivity index (χ0n) is 12.6. The Morgan fingerprint density at radius 2 is 1.27 bits per heavy atom. The van der Waals surface area contributed by atoms with Crippen molar-refractivity contribution in [2.45, 2.75) is 13.8 Å². The number of rotatable bonds is 0. The molecule has 2 aromatic heterocycles. The van der Waals surface area contributed by atoms with E-state index in [-0.39, 0.29) is 0 Å². The van der Waals surface area contributed by atoms with E-state index in [9.17, 15) is 0 Å². The van der Waals surface area contributed by atoms with E-state index in [0.29, 0.717) is 0 Å². The summed E-state index contributed by atoms with van der Waals surface area (Å²) in [5.74, 6) is 0. The van der Waals surface area contributed by atoms with E-state index in [2.05, 4.69) is 58.0 Å². The van der Waals surface area contributed by atoms with Gasteiger partial charge in [-0.25, -0.2) is 19.9 Å². The molecule has 2 aromatic carbocycles. The van der Waals surface area contributed by atoms with Gasteiger partial charge < -0.3 is 0 Å². The fourth-order valence-electron chi connectivity index (χ4n) is 2.19. The average Bonchev–Trinajstić information content (AvgIpc) is 2.55. The average molecular weight is 288 g/mol. The first kappa shape index (κ1) is 14.1. The lowest BCUT2D eigenvalue weighted by atomic mass is 10.2. The molecule has 4 rings (SSSR count). The van der Waals surface area contributed by atoms with Crippen molar-refractivity contribution in [3.05, 3.63) is 72.6 Å². The van der Waals surface area contributed by atoms with Crippen molar-refractivity contribution in [3.8, 4) is 0 Å². The molecule has 4 aromatic rings. The van der Waals surface area contributed by atoms with Gasteiger partial charge in [-0.05, 0) is 37.6 Å². The van der Waals surface area contributed by atoms with E-state index in [0.717, 1.165) is 21.8 Å². The molecule has 0 saturated carbocycles. The highest BCUT2D eigenvalue weighted by Crippen LogP contribution is 2.11. The summed E-state index contributed by atoms with van der Waals surface area (Å²) < 4.78 is 0. The van der Waals surface area contributed by atoms with Crippen LogP contribution in [0.2, 0.25) is 0 Å². The minimum Gasteiger partial charge on any atom is -0.244 e. The van der Waals surface area contributed by atoms with Crippen molar-refractivity contribution in [1.82, 2.24) is 19.9 Å². The van der Waals surface area contributed by atoms with Gasteiger partial charge >= 0.3 is 0 Å². The van der Waals surface area contributed by atoms with Gasteiger partial charge in [-0.3, -0.25) is 0 Å². The second-order valence-electron chi connectivity index (χ2n) is 5.17. The fourth-order valence-corrected chi connectivity index (χ4v) is 2.19. The first-order valence-electron chi connectivity index (χ1n) is 7.05. The van der Waals surface area contributed by atoms with Gasteiger partial charge in [-0.1, -0.05) is 23.8 Å². The highest BCUT2D eigenvalue weighted by atomic mass is 14.8. The van der Waals surface area contributed by atoms with Gasteiger partial charge in [-0.15, -0.1) is 0 Å². The Morgan fingerprint density at radius 1 is 0.636 bits per heavy atom. The second kappa shape index (κ2) is 6.26. The molecule has 0 bridgehead atoms. The van der Waals surface area contributed by atoms with E-state index >= 15 is 0 Å². The van der Waals surface area contributed by atoms with Crippen LogP contribution in [0.3, 0.4) is 0 Å². The van der Waals surface area contributed by atoms with Crippen LogP contribution in [0.1, 0.15) is 11.1 Å². The van der Waals surface area contributed by atoms with Crippen molar-refractivity contribution in [2.24, 2.45) is 0 Å². The van der Waals surface area contributed by atoms with Gasteiger partial charge in [-0.2, -0.15) is 0 Å². The molecule has 0 atom stereocenters. The molecule has 0 saturated heterocycles. The van der Waals surface area contributed by atoms with Crippen molar-refractivity contribution < 1.29 is 0 Å². The minimum absolute atomic E-state index is 1.01. The topological polar surface area (TPSA) is 51.6 Å². The third kappa shape index (κ3) is 3.23. The number of hydrogen-bond donors (Lipinski definition) is 0. The van der Waals surface area contributed by atoms with Gasteiger partial charge in [0.15, 0.2) is 0 Å². The molecule has 2 heterocycles. The number of benzene rings is 2. The fraction of sp³-hybridized carbons (Fsp3) is 0.111. The molecule has 0 aliphatic rings. The third-order valence-corrected chi connectivity index (χ3v) is 3.32. The molecule has 0 unspecified atom stereocenters. The molecular weight excluding hydrogens is 272 g/mol. The lowest BCUT2D eigenvalue weighted by Crippen LogP contribution is -1.80. The molecule has 4 heteroatoms. The summed E-state index contributed by atoms with van der Waals surface area (Å²) in [5.41, 5.74) is 4.49. The number of nitrogens with zero attached hydrogens (tertiary/aromatic N) is 4. The van der Waals surface area contributed by atoms with E-state index in [4.69, 9.17) is 0 Å². The molecular formula is C18H16N4. The zero-order valence-corrected chi connectivity index (χ0v) is 12.6. The maximum Gasteiger partial charge on any atom is 0.116 e. The van der Waals surface area contributed by atoms with Gasteiger partial charge in [0.2, 0.25) is 0 Å². The summed E-state index contributed by atoms with van der Waals surface area (Å²) in [4.78, 5) is 16.1. The van der Waals surface area contributed by atoms with Crippen LogP contribution in [-0.2, 0) is 0 Å². The van der Waals surface area contributed by atoms with Gasteiger partial charge in [0.05, 0.1) is 11.0 Å². The van der Waals surface area contributed by atoms with Crippen molar-refractivity contribution >= 4 is 21.8 Å². The molecule has 4 nitrogen and oxygen atoms in total. The van der Waals surface area contributed by atoms with E-state index in [1.807, 2.05) is 24.5 Å². The van der Waals surface area contributed by atoms with E-state index in [1.54, 1.807) is 12.7 Å². The summed E-state index contributed by atoms with van der Waals surface area (Å²) in [5, 5.41) is 2.20. The summed E-state index contributed by atoms with van der Waals surface area (Å²) in [7, 11) is 0. The standard InChI is InChI=1S/2C9H8N2/c1-7-2-3-9-8(4-7)5-10-6-11-9;1-7-2-3-8-5-10-6-11-9(8)4-7/h2*2-6H,1H3. The predicted molar refractivity (Wildman–Crippen MR) is 88.6 cm³/mol. The van der Waals surface area contributed by atoms with Crippen LogP contribution in [0.15, 0.2) is 61.4 Å². The molecule has 0 amide bonds. The van der Waals surface area contributed by atoms with Crippen LogP contribution in [0.4, 0.5) is 0 Å². The normalized spacial score (nSPS) is 10.3. The lowest BCUT2D eigenvalue weighted by molar-refractivity contribution is 1.22. The Bertz CT molecular complexity index is 841. The predicted octanol–water partition coefficient (Wildman–Crippen LogP) is 3.88. The quantitative estimate of drug-likeness (QED) is 0.493. The van der Waals surface area contributed by atoms with Crippen molar-refractivity contribution in [1.29, 1.82) is 0 Å². The van der Waals surface area contributed by atoms with Crippen LogP contribution in [0, 0.1) is 13.8 Å². The van der Waals surface area contributed by atoms with Crippen molar-refractivity contribution in [3.63, 3.8) is 0 Å². The monoisotopic (exact) mass is 288 g/mol. The first-order valence-corrected chi connectivity index (χ1v) is 7.05. The first-order chi connectivity index (χ1) is 10.7. The highest BCUT2D eigenvalue weighted by Gasteiger charge is 1.92. The lowest BCUT2D eigenvalue weighted by Gasteiger charge is -1.95. The molecule has 0 aliphatic heterocycles. The van der Waals surface area contributed by atoms with E-state index in [1.165, 1.54) is 11.1 Å². The third-order valence-electron chi connectivity index (χ3n) is 3.32. The van der Waals surface area contributed by atoms with Gasteiger partial charge in [0, 0.05) is 23.2 Å². The van der Waals surface area contributed by atoms with Gasteiger partial charge in [0.1, 0.15) is 12.7 Å². The highest BCUT2D eigenvalue weighted by molar-refractivity contribution is 5.78. The number of fused-ring (bicyclic) bond motifs is 2. The largest absolute Gasteiger partial charge is 0.244 e. The number of aryl methyl sites for hydroxylation is 2. The zero-order chi connectivity index (χ0) is 15.4. The number of hydrogen-bond acceptors (Lipinski definition) is 4. The summed E-state index contributed by atoms with van der Waals surface area (Å²) in [6.07, 6.45) is 6.79. The van der Waals surface area contributed by atoms with Crippen LogP contribution >= 0.6 is 0 Å². The molecule has 0 spiro atoms. The van der Waals surface area contributed by atoms with Crippen molar-refractivity contribution in [2.75, 3.05) is 0 Å². The molecule has 22 heavy (non-hydrogen) atoms. The smallest absolute Gasteiger partial charge is 0.116 e. The minimum atomic E-state index is 1.01. The Hall–Kier alpha value is -2.88. The molecule has 0 aliphatic carbocycles. The summed E-state index contributed by atoms with van der Waals surface area (Å²) in [6, 6.07) is 12.3. The maximum absolute atomic E-state index is 4.13. The van der Waals surface area contributed by atoms with E-state index < -0.39 is 0 Å². The molecule has 0 fully saturated rings.